The SMILES string of the molecule is Cl.Cl.O=C(Cc1csc(-c2cccc(F)c2)n1)N1CCC2CCC(C1)N2. The molecule has 2 aliphatic heterocycles. The first-order valence-corrected chi connectivity index (χ1v) is 9.29. The van der Waals surface area contributed by atoms with Crippen LogP contribution >= 0.6 is 36.2 Å². The van der Waals surface area contributed by atoms with E-state index in [1.165, 1.54) is 29.9 Å². The van der Waals surface area contributed by atoms with Crippen LogP contribution < -0.4 is 5.32 Å². The zero-order valence-electron chi connectivity index (χ0n) is 14.2. The molecule has 142 valence electrons. The van der Waals surface area contributed by atoms with Crippen molar-refractivity contribution in [1.82, 2.24) is 15.2 Å². The zero-order valence-corrected chi connectivity index (χ0v) is 16.6. The first-order chi connectivity index (χ1) is 11.7. The summed E-state index contributed by atoms with van der Waals surface area (Å²) in [5, 5.41) is 6.25. The predicted molar refractivity (Wildman–Crippen MR) is 107 cm³/mol. The number of rotatable bonds is 3. The third-order valence-electron chi connectivity index (χ3n) is 4.83. The van der Waals surface area contributed by atoms with Crippen molar-refractivity contribution >= 4 is 42.1 Å². The molecule has 2 bridgehead atoms. The maximum atomic E-state index is 13.3. The summed E-state index contributed by atoms with van der Waals surface area (Å²) >= 11 is 1.46. The molecule has 2 aromatic rings. The van der Waals surface area contributed by atoms with Gasteiger partial charge in [0, 0.05) is 36.1 Å². The van der Waals surface area contributed by atoms with E-state index in [2.05, 4.69) is 10.3 Å². The van der Waals surface area contributed by atoms with Gasteiger partial charge in [-0.15, -0.1) is 36.2 Å². The number of amides is 1. The van der Waals surface area contributed by atoms with Gasteiger partial charge in [-0.2, -0.15) is 0 Å². The van der Waals surface area contributed by atoms with Crippen LogP contribution in [0.1, 0.15) is 25.0 Å². The topological polar surface area (TPSA) is 45.2 Å². The molecule has 1 N–H and O–H groups in total. The highest BCUT2D eigenvalue weighted by atomic mass is 35.5. The molecule has 26 heavy (non-hydrogen) atoms. The molecule has 2 saturated heterocycles. The number of hydrogen-bond acceptors (Lipinski definition) is 4. The molecule has 0 saturated carbocycles. The second-order valence-electron chi connectivity index (χ2n) is 6.60. The number of carbonyl (C=O) groups excluding carboxylic acids is 1. The average Bonchev–Trinajstić information content (AvgIpc) is 3.14. The van der Waals surface area contributed by atoms with Crippen molar-refractivity contribution in [1.29, 1.82) is 0 Å². The van der Waals surface area contributed by atoms with E-state index in [-0.39, 0.29) is 36.5 Å². The van der Waals surface area contributed by atoms with E-state index in [4.69, 9.17) is 0 Å². The Labute approximate surface area is 169 Å². The smallest absolute Gasteiger partial charge is 0.228 e. The van der Waals surface area contributed by atoms with Gasteiger partial charge in [-0.1, -0.05) is 12.1 Å². The maximum absolute atomic E-state index is 13.3. The Morgan fingerprint density at radius 2 is 2.08 bits per heavy atom. The van der Waals surface area contributed by atoms with E-state index in [0.29, 0.717) is 18.5 Å². The molecule has 2 fully saturated rings. The highest BCUT2D eigenvalue weighted by Gasteiger charge is 2.31. The molecule has 3 heterocycles. The molecule has 4 rings (SSSR count). The van der Waals surface area contributed by atoms with Crippen LogP contribution in [0.15, 0.2) is 29.6 Å². The summed E-state index contributed by atoms with van der Waals surface area (Å²) in [6.45, 7) is 1.63. The summed E-state index contributed by atoms with van der Waals surface area (Å²) in [6, 6.07) is 7.43. The summed E-state index contributed by atoms with van der Waals surface area (Å²) in [7, 11) is 0. The highest BCUT2D eigenvalue weighted by molar-refractivity contribution is 7.13. The lowest BCUT2D eigenvalue weighted by Gasteiger charge is -2.24. The molecule has 4 nitrogen and oxygen atoms in total. The minimum absolute atomic E-state index is 0. The number of likely N-dealkylation sites (tertiary alicyclic amines) is 1. The van der Waals surface area contributed by atoms with Gasteiger partial charge in [0.05, 0.1) is 12.1 Å². The van der Waals surface area contributed by atoms with E-state index < -0.39 is 0 Å². The number of nitrogens with zero attached hydrogens (tertiary/aromatic N) is 2. The van der Waals surface area contributed by atoms with Gasteiger partial charge in [0.1, 0.15) is 10.8 Å². The van der Waals surface area contributed by atoms with Crippen LogP contribution in [0.4, 0.5) is 4.39 Å². The van der Waals surface area contributed by atoms with Crippen molar-refractivity contribution in [2.45, 2.75) is 37.8 Å². The zero-order chi connectivity index (χ0) is 16.5. The molecule has 2 aliphatic rings. The molecular formula is C18H22Cl2FN3OS. The van der Waals surface area contributed by atoms with Crippen LogP contribution in [0.5, 0.6) is 0 Å². The van der Waals surface area contributed by atoms with Crippen molar-refractivity contribution < 1.29 is 9.18 Å². The van der Waals surface area contributed by atoms with Gasteiger partial charge in [-0.05, 0) is 31.4 Å². The van der Waals surface area contributed by atoms with Gasteiger partial charge >= 0.3 is 0 Å². The molecule has 1 aromatic heterocycles. The first-order valence-electron chi connectivity index (χ1n) is 8.41. The lowest BCUT2D eigenvalue weighted by Crippen LogP contribution is -2.39. The number of benzene rings is 1. The van der Waals surface area contributed by atoms with Crippen LogP contribution in [0.2, 0.25) is 0 Å². The lowest BCUT2D eigenvalue weighted by atomic mass is 10.1. The third-order valence-corrected chi connectivity index (χ3v) is 5.77. The minimum Gasteiger partial charge on any atom is -0.341 e. The molecule has 2 atom stereocenters. The number of thiazole rings is 1. The molecule has 1 amide bonds. The monoisotopic (exact) mass is 417 g/mol. The average molecular weight is 418 g/mol. The fourth-order valence-electron chi connectivity index (χ4n) is 3.58. The van der Waals surface area contributed by atoms with Crippen molar-refractivity contribution in [3.63, 3.8) is 0 Å². The summed E-state index contributed by atoms with van der Waals surface area (Å²) in [6.07, 6.45) is 3.75. The van der Waals surface area contributed by atoms with E-state index in [0.717, 1.165) is 42.2 Å². The van der Waals surface area contributed by atoms with Crippen LogP contribution in [0.25, 0.3) is 10.6 Å². The number of halogens is 3. The molecule has 1 aromatic carbocycles. The van der Waals surface area contributed by atoms with Crippen LogP contribution in [-0.4, -0.2) is 41.0 Å². The van der Waals surface area contributed by atoms with Gasteiger partial charge in [-0.25, -0.2) is 9.37 Å². The summed E-state index contributed by atoms with van der Waals surface area (Å²) < 4.78 is 13.3. The number of aromatic nitrogens is 1. The van der Waals surface area contributed by atoms with Gasteiger partial charge in [0.25, 0.3) is 0 Å². The molecule has 0 radical (unpaired) electrons. The number of nitrogens with one attached hydrogen (secondary N) is 1. The van der Waals surface area contributed by atoms with E-state index in [9.17, 15) is 9.18 Å². The quantitative estimate of drug-likeness (QED) is 0.827. The van der Waals surface area contributed by atoms with Crippen LogP contribution in [0, 0.1) is 5.82 Å². The van der Waals surface area contributed by atoms with Gasteiger partial charge in [-0.3, -0.25) is 4.79 Å². The second-order valence-corrected chi connectivity index (χ2v) is 7.46. The third kappa shape index (κ3) is 4.74. The number of hydrogen-bond donors (Lipinski definition) is 1. The van der Waals surface area contributed by atoms with Crippen molar-refractivity contribution in [3.8, 4) is 10.6 Å². The Hall–Kier alpha value is -1.21. The van der Waals surface area contributed by atoms with Crippen molar-refractivity contribution in [2.75, 3.05) is 13.1 Å². The maximum Gasteiger partial charge on any atom is 0.228 e. The normalized spacial score (nSPS) is 21.5. The molecule has 0 aliphatic carbocycles. The Kier molecular flexibility index (Phi) is 7.41. The fraction of sp³-hybridized carbons (Fsp3) is 0.444. The summed E-state index contributed by atoms with van der Waals surface area (Å²) in [4.78, 5) is 19.1. The second kappa shape index (κ2) is 9.13. The standard InChI is InChI=1S/C18H20FN3OS.2ClH/c19-13-3-1-2-12(8-13)18-21-16(11-24-18)9-17(23)22-7-6-14-4-5-15(10-22)20-14;;/h1-3,8,11,14-15,20H,4-7,9-10H2;2*1H. The van der Waals surface area contributed by atoms with Gasteiger partial charge in [0.2, 0.25) is 5.91 Å². The molecular weight excluding hydrogens is 396 g/mol. The lowest BCUT2D eigenvalue weighted by molar-refractivity contribution is -0.130. The number of carbonyl (C=O) groups is 1. The van der Waals surface area contributed by atoms with Crippen molar-refractivity contribution in [3.05, 3.63) is 41.2 Å². The molecule has 2 unspecified atom stereocenters. The summed E-state index contributed by atoms with van der Waals surface area (Å²) in [5.41, 5.74) is 1.53. The minimum atomic E-state index is -0.271. The summed E-state index contributed by atoms with van der Waals surface area (Å²) in [5.74, 6) is -0.132. The van der Waals surface area contributed by atoms with E-state index in [1.54, 1.807) is 6.07 Å². The van der Waals surface area contributed by atoms with Crippen molar-refractivity contribution in [2.24, 2.45) is 0 Å². The van der Waals surface area contributed by atoms with E-state index in [1.807, 2.05) is 16.3 Å². The van der Waals surface area contributed by atoms with E-state index >= 15 is 0 Å². The van der Waals surface area contributed by atoms with Crippen LogP contribution in [0.3, 0.4) is 0 Å². The largest absolute Gasteiger partial charge is 0.341 e. The van der Waals surface area contributed by atoms with Gasteiger partial charge < -0.3 is 10.2 Å². The fourth-order valence-corrected chi connectivity index (χ4v) is 4.40. The Balaban J connectivity index is 0.00000121. The number of fused-ring (bicyclic) bond motifs is 2. The Morgan fingerprint density at radius 3 is 2.88 bits per heavy atom. The van der Waals surface area contributed by atoms with Gasteiger partial charge in [0.15, 0.2) is 0 Å². The Bertz CT molecular complexity index is 758. The first kappa shape index (κ1) is 21.1. The Morgan fingerprint density at radius 1 is 1.27 bits per heavy atom. The molecule has 0 spiro atoms. The molecule has 8 heteroatoms. The predicted octanol–water partition coefficient (Wildman–Crippen LogP) is 3.69. The highest BCUT2D eigenvalue weighted by Crippen LogP contribution is 2.25. The van der Waals surface area contributed by atoms with Crippen LogP contribution in [-0.2, 0) is 11.2 Å².